The van der Waals surface area contributed by atoms with Crippen molar-refractivity contribution in [3.8, 4) is 5.75 Å². The van der Waals surface area contributed by atoms with Crippen molar-refractivity contribution < 1.29 is 13.9 Å². The first kappa shape index (κ1) is 13.9. The van der Waals surface area contributed by atoms with Gasteiger partial charge < -0.3 is 15.8 Å². The Hall–Kier alpha value is -2.56. The smallest absolute Gasteiger partial charge is 0.257 e. The molecule has 0 bridgehead atoms. The van der Waals surface area contributed by atoms with Crippen LogP contribution in [0.5, 0.6) is 5.75 Å². The lowest BCUT2D eigenvalue weighted by Gasteiger charge is -2.11. The molecule has 0 unspecified atom stereocenters. The lowest BCUT2D eigenvalue weighted by Crippen LogP contribution is -2.15. The number of halogens is 1. The highest BCUT2D eigenvalue weighted by Crippen LogP contribution is 2.23. The summed E-state index contributed by atoms with van der Waals surface area (Å²) in [6, 6.07) is 9.39. The van der Waals surface area contributed by atoms with Gasteiger partial charge in [-0.2, -0.15) is 0 Å². The van der Waals surface area contributed by atoms with Crippen molar-refractivity contribution in [3.63, 3.8) is 0 Å². The molecular weight excluding hydrogens is 259 g/mol. The molecule has 0 saturated heterocycles. The van der Waals surface area contributed by atoms with Crippen LogP contribution in [0.3, 0.4) is 0 Å². The Balaban J connectivity index is 2.26. The van der Waals surface area contributed by atoms with Crippen LogP contribution in [0.2, 0.25) is 0 Å². The second-order valence-corrected chi connectivity index (χ2v) is 4.34. The van der Waals surface area contributed by atoms with E-state index in [9.17, 15) is 9.18 Å². The molecule has 0 aliphatic carbocycles. The SMILES string of the molecule is COc1ccc(NC(=O)c2cccc(F)c2N)c(C)c1. The minimum Gasteiger partial charge on any atom is -0.497 e. The Morgan fingerprint density at radius 2 is 2.05 bits per heavy atom. The highest BCUT2D eigenvalue weighted by atomic mass is 19.1. The van der Waals surface area contributed by atoms with Crippen LogP contribution in [0.4, 0.5) is 15.8 Å². The number of nitrogens with two attached hydrogens (primary N) is 1. The van der Waals surface area contributed by atoms with E-state index in [2.05, 4.69) is 5.32 Å². The number of anilines is 2. The fourth-order valence-electron chi connectivity index (χ4n) is 1.83. The van der Waals surface area contributed by atoms with Crippen LogP contribution in [0.1, 0.15) is 15.9 Å². The third-order valence-electron chi connectivity index (χ3n) is 2.98. The molecule has 1 amide bonds. The molecule has 0 aromatic heterocycles. The normalized spacial score (nSPS) is 10.2. The summed E-state index contributed by atoms with van der Waals surface area (Å²) in [7, 11) is 1.57. The predicted octanol–water partition coefficient (Wildman–Crippen LogP) is 2.98. The number of hydrogen-bond donors (Lipinski definition) is 2. The Bertz CT molecular complexity index is 656. The third kappa shape index (κ3) is 2.71. The van der Waals surface area contributed by atoms with E-state index in [1.165, 1.54) is 18.2 Å². The van der Waals surface area contributed by atoms with E-state index in [0.717, 1.165) is 5.56 Å². The molecule has 0 spiro atoms. The summed E-state index contributed by atoms with van der Waals surface area (Å²) in [5.41, 5.74) is 6.98. The molecule has 104 valence electrons. The number of benzene rings is 2. The van der Waals surface area contributed by atoms with Crippen LogP contribution in [-0.4, -0.2) is 13.0 Å². The Kier molecular flexibility index (Phi) is 3.89. The second-order valence-electron chi connectivity index (χ2n) is 4.34. The number of ether oxygens (including phenoxy) is 1. The van der Waals surface area contributed by atoms with Crippen molar-refractivity contribution in [2.75, 3.05) is 18.2 Å². The minimum absolute atomic E-state index is 0.111. The van der Waals surface area contributed by atoms with Gasteiger partial charge in [0.1, 0.15) is 11.6 Å². The molecule has 0 aliphatic heterocycles. The largest absolute Gasteiger partial charge is 0.497 e. The summed E-state index contributed by atoms with van der Waals surface area (Å²) in [5.74, 6) is -0.356. The molecule has 0 heterocycles. The molecule has 0 atom stereocenters. The molecule has 0 radical (unpaired) electrons. The fourth-order valence-corrected chi connectivity index (χ4v) is 1.83. The van der Waals surface area contributed by atoms with Crippen LogP contribution in [0, 0.1) is 12.7 Å². The molecule has 3 N–H and O–H groups in total. The molecule has 4 nitrogen and oxygen atoms in total. The van der Waals surface area contributed by atoms with Gasteiger partial charge in [0, 0.05) is 5.69 Å². The van der Waals surface area contributed by atoms with Crippen molar-refractivity contribution in [1.82, 2.24) is 0 Å². The molecule has 0 saturated carbocycles. The number of rotatable bonds is 3. The van der Waals surface area contributed by atoms with E-state index >= 15 is 0 Å². The van der Waals surface area contributed by atoms with Gasteiger partial charge in [-0.3, -0.25) is 4.79 Å². The number of carbonyl (C=O) groups excluding carboxylic acids is 1. The first-order valence-electron chi connectivity index (χ1n) is 6.03. The second kappa shape index (κ2) is 5.61. The van der Waals surface area contributed by atoms with Gasteiger partial charge in [0.05, 0.1) is 18.4 Å². The van der Waals surface area contributed by atoms with E-state index in [1.807, 2.05) is 6.92 Å². The van der Waals surface area contributed by atoms with Gasteiger partial charge in [0.15, 0.2) is 0 Å². The van der Waals surface area contributed by atoms with Gasteiger partial charge >= 0.3 is 0 Å². The first-order chi connectivity index (χ1) is 9.52. The zero-order valence-corrected chi connectivity index (χ0v) is 11.2. The number of methoxy groups -OCH3 is 1. The number of nitrogens with one attached hydrogen (secondary N) is 1. The van der Waals surface area contributed by atoms with Gasteiger partial charge in [-0.05, 0) is 42.8 Å². The predicted molar refractivity (Wildman–Crippen MR) is 76.5 cm³/mol. The Morgan fingerprint density at radius 1 is 1.30 bits per heavy atom. The van der Waals surface area contributed by atoms with Crippen molar-refractivity contribution in [2.24, 2.45) is 0 Å². The molecule has 0 aliphatic rings. The van der Waals surface area contributed by atoms with Crippen LogP contribution < -0.4 is 15.8 Å². The van der Waals surface area contributed by atoms with Gasteiger partial charge in [-0.15, -0.1) is 0 Å². The average Bonchev–Trinajstić information content (AvgIpc) is 2.44. The fraction of sp³-hybridized carbons (Fsp3) is 0.133. The summed E-state index contributed by atoms with van der Waals surface area (Å²) in [6.45, 7) is 1.84. The van der Waals surface area contributed by atoms with E-state index in [1.54, 1.807) is 25.3 Å². The topological polar surface area (TPSA) is 64.3 Å². The summed E-state index contributed by atoms with van der Waals surface area (Å²) < 4.78 is 18.4. The lowest BCUT2D eigenvalue weighted by molar-refractivity contribution is 0.102. The quantitative estimate of drug-likeness (QED) is 0.846. The van der Waals surface area contributed by atoms with Gasteiger partial charge in [-0.25, -0.2) is 4.39 Å². The summed E-state index contributed by atoms with van der Waals surface area (Å²) in [5, 5.41) is 2.70. The number of nitrogen functional groups attached to an aromatic ring is 1. The van der Waals surface area contributed by atoms with Crippen molar-refractivity contribution in [1.29, 1.82) is 0 Å². The van der Waals surface area contributed by atoms with Crippen LogP contribution in [-0.2, 0) is 0 Å². The maximum atomic E-state index is 13.3. The molecule has 2 aromatic rings. The molecule has 5 heteroatoms. The zero-order valence-electron chi connectivity index (χ0n) is 11.2. The lowest BCUT2D eigenvalue weighted by atomic mass is 10.1. The number of para-hydroxylation sites is 1. The maximum absolute atomic E-state index is 13.3. The van der Waals surface area contributed by atoms with E-state index in [4.69, 9.17) is 10.5 Å². The van der Waals surface area contributed by atoms with Gasteiger partial charge in [0.25, 0.3) is 5.91 Å². The first-order valence-corrected chi connectivity index (χ1v) is 6.03. The zero-order chi connectivity index (χ0) is 14.7. The highest BCUT2D eigenvalue weighted by molar-refractivity contribution is 6.08. The Morgan fingerprint density at radius 3 is 2.70 bits per heavy atom. The van der Waals surface area contributed by atoms with Gasteiger partial charge in [-0.1, -0.05) is 6.07 Å². The molecule has 20 heavy (non-hydrogen) atoms. The van der Waals surface area contributed by atoms with Crippen molar-refractivity contribution >= 4 is 17.3 Å². The number of amides is 1. The molecule has 0 fully saturated rings. The monoisotopic (exact) mass is 274 g/mol. The van der Waals surface area contributed by atoms with Crippen LogP contribution in [0.25, 0.3) is 0 Å². The molecule has 2 rings (SSSR count). The standard InChI is InChI=1S/C15H15FN2O2/c1-9-8-10(20-2)6-7-13(9)18-15(19)11-4-3-5-12(16)14(11)17/h3-8H,17H2,1-2H3,(H,18,19). The van der Waals surface area contributed by atoms with Crippen molar-refractivity contribution in [2.45, 2.75) is 6.92 Å². The maximum Gasteiger partial charge on any atom is 0.257 e. The number of hydrogen-bond acceptors (Lipinski definition) is 3. The van der Waals surface area contributed by atoms with Crippen LogP contribution in [0.15, 0.2) is 36.4 Å². The number of carbonyl (C=O) groups is 1. The molecular formula is C15H15FN2O2. The van der Waals surface area contributed by atoms with E-state index in [-0.39, 0.29) is 11.3 Å². The van der Waals surface area contributed by atoms with Crippen molar-refractivity contribution in [3.05, 3.63) is 53.3 Å². The minimum atomic E-state index is -0.607. The van der Waals surface area contributed by atoms with E-state index in [0.29, 0.717) is 11.4 Å². The summed E-state index contributed by atoms with van der Waals surface area (Å²) >= 11 is 0. The average molecular weight is 274 g/mol. The van der Waals surface area contributed by atoms with Gasteiger partial charge in [0.2, 0.25) is 0 Å². The molecule has 2 aromatic carbocycles. The summed E-state index contributed by atoms with van der Waals surface area (Å²) in [6.07, 6.45) is 0. The van der Waals surface area contributed by atoms with E-state index < -0.39 is 11.7 Å². The number of aryl methyl sites for hydroxylation is 1. The Labute approximate surface area is 116 Å². The highest BCUT2D eigenvalue weighted by Gasteiger charge is 2.13. The summed E-state index contributed by atoms with van der Waals surface area (Å²) in [4.78, 5) is 12.1. The van der Waals surface area contributed by atoms with Crippen LogP contribution >= 0.6 is 0 Å². The third-order valence-corrected chi connectivity index (χ3v) is 2.98.